The summed E-state index contributed by atoms with van der Waals surface area (Å²) in [5.41, 5.74) is 0. The molecule has 0 bridgehead atoms. The summed E-state index contributed by atoms with van der Waals surface area (Å²) < 4.78 is 12.6. The van der Waals surface area contributed by atoms with Crippen molar-refractivity contribution in [2.24, 2.45) is 0 Å². The van der Waals surface area contributed by atoms with Crippen LogP contribution in [0.4, 0.5) is 5.82 Å². The molecule has 1 saturated heterocycles. The van der Waals surface area contributed by atoms with Gasteiger partial charge in [-0.05, 0) is 12.8 Å². The second kappa shape index (κ2) is 7.41. The molecule has 3 heterocycles. The SMILES string of the molecule is COCCn1ccnc1C1CCCN(c2cc(OC)ncn2)C1. The lowest BCUT2D eigenvalue weighted by atomic mass is 9.97. The lowest BCUT2D eigenvalue weighted by Gasteiger charge is -2.33. The Labute approximate surface area is 136 Å². The summed E-state index contributed by atoms with van der Waals surface area (Å²) in [6.45, 7) is 3.44. The Hall–Kier alpha value is -2.15. The van der Waals surface area contributed by atoms with E-state index in [0.717, 1.165) is 44.1 Å². The Morgan fingerprint density at radius 3 is 3.00 bits per heavy atom. The third-order valence-electron chi connectivity index (χ3n) is 4.23. The third kappa shape index (κ3) is 3.61. The highest BCUT2D eigenvalue weighted by atomic mass is 16.5. The number of methoxy groups -OCH3 is 2. The summed E-state index contributed by atoms with van der Waals surface area (Å²) in [7, 11) is 3.35. The number of imidazole rings is 1. The maximum atomic E-state index is 5.20. The zero-order chi connectivity index (χ0) is 16.1. The molecule has 124 valence electrons. The van der Waals surface area contributed by atoms with Gasteiger partial charge in [0.2, 0.25) is 5.88 Å². The van der Waals surface area contributed by atoms with E-state index < -0.39 is 0 Å². The molecule has 3 rings (SSSR count). The number of piperidine rings is 1. The van der Waals surface area contributed by atoms with Crippen molar-refractivity contribution in [1.29, 1.82) is 0 Å². The topological polar surface area (TPSA) is 65.3 Å². The molecule has 2 aromatic rings. The molecule has 0 aliphatic carbocycles. The van der Waals surface area contributed by atoms with Crippen molar-refractivity contribution in [3.8, 4) is 5.88 Å². The monoisotopic (exact) mass is 317 g/mol. The lowest BCUT2D eigenvalue weighted by molar-refractivity contribution is 0.185. The molecule has 1 unspecified atom stereocenters. The number of nitrogens with zero attached hydrogens (tertiary/aromatic N) is 5. The molecule has 0 saturated carbocycles. The van der Waals surface area contributed by atoms with Crippen LogP contribution < -0.4 is 9.64 Å². The Bertz CT molecular complexity index is 630. The number of rotatable bonds is 6. The molecule has 1 aliphatic rings. The van der Waals surface area contributed by atoms with Gasteiger partial charge in [0.25, 0.3) is 0 Å². The molecule has 0 amide bonds. The van der Waals surface area contributed by atoms with Crippen molar-refractivity contribution in [3.05, 3.63) is 30.6 Å². The quantitative estimate of drug-likeness (QED) is 0.808. The van der Waals surface area contributed by atoms with E-state index in [4.69, 9.17) is 9.47 Å². The Balaban J connectivity index is 1.74. The highest BCUT2D eigenvalue weighted by molar-refractivity contribution is 5.41. The minimum absolute atomic E-state index is 0.400. The Kier molecular flexibility index (Phi) is 5.07. The second-order valence-electron chi connectivity index (χ2n) is 5.68. The molecular formula is C16H23N5O2. The van der Waals surface area contributed by atoms with Crippen molar-refractivity contribution in [1.82, 2.24) is 19.5 Å². The average Bonchev–Trinajstić information content (AvgIpc) is 3.08. The molecule has 1 aliphatic heterocycles. The molecule has 2 aromatic heterocycles. The van der Waals surface area contributed by atoms with Crippen LogP contribution in [0.3, 0.4) is 0 Å². The summed E-state index contributed by atoms with van der Waals surface area (Å²) in [5.74, 6) is 3.04. The number of anilines is 1. The van der Waals surface area contributed by atoms with Crippen LogP contribution in [0.25, 0.3) is 0 Å². The largest absolute Gasteiger partial charge is 0.481 e. The standard InChI is InChI=1S/C16H23N5O2/c1-22-9-8-20-7-5-17-16(20)13-4-3-6-21(11-13)14-10-15(23-2)19-12-18-14/h5,7,10,12-13H,3-4,6,8-9,11H2,1-2H3. The van der Waals surface area contributed by atoms with Gasteiger partial charge < -0.3 is 18.9 Å². The van der Waals surface area contributed by atoms with Gasteiger partial charge in [0, 0.05) is 51.1 Å². The normalized spacial score (nSPS) is 18.2. The first-order valence-electron chi connectivity index (χ1n) is 7.92. The van der Waals surface area contributed by atoms with Crippen LogP contribution in [0.1, 0.15) is 24.6 Å². The van der Waals surface area contributed by atoms with Crippen LogP contribution in [0.5, 0.6) is 5.88 Å². The molecule has 23 heavy (non-hydrogen) atoms. The van der Waals surface area contributed by atoms with Gasteiger partial charge in [-0.2, -0.15) is 0 Å². The van der Waals surface area contributed by atoms with Gasteiger partial charge in [-0.15, -0.1) is 0 Å². The molecular weight excluding hydrogens is 294 g/mol. The first kappa shape index (κ1) is 15.7. The van der Waals surface area contributed by atoms with E-state index in [2.05, 4.69) is 24.4 Å². The van der Waals surface area contributed by atoms with Crippen molar-refractivity contribution < 1.29 is 9.47 Å². The first-order valence-corrected chi connectivity index (χ1v) is 7.92. The highest BCUT2D eigenvalue weighted by Crippen LogP contribution is 2.29. The van der Waals surface area contributed by atoms with E-state index >= 15 is 0 Å². The van der Waals surface area contributed by atoms with Crippen LogP contribution in [0.15, 0.2) is 24.8 Å². The maximum Gasteiger partial charge on any atom is 0.218 e. The van der Waals surface area contributed by atoms with Crippen molar-refractivity contribution >= 4 is 5.82 Å². The van der Waals surface area contributed by atoms with Gasteiger partial charge in [0.1, 0.15) is 18.0 Å². The summed E-state index contributed by atoms with van der Waals surface area (Å²) in [6.07, 6.45) is 7.72. The Morgan fingerprint density at radius 2 is 2.17 bits per heavy atom. The lowest BCUT2D eigenvalue weighted by Crippen LogP contribution is -2.36. The van der Waals surface area contributed by atoms with E-state index in [-0.39, 0.29) is 0 Å². The second-order valence-corrected chi connectivity index (χ2v) is 5.68. The summed E-state index contributed by atoms with van der Waals surface area (Å²) in [5, 5.41) is 0. The number of aromatic nitrogens is 4. The molecule has 7 nitrogen and oxygen atoms in total. The smallest absolute Gasteiger partial charge is 0.218 e. The van der Waals surface area contributed by atoms with Gasteiger partial charge in [-0.25, -0.2) is 15.0 Å². The molecule has 0 N–H and O–H groups in total. The first-order chi connectivity index (χ1) is 11.3. The van der Waals surface area contributed by atoms with Gasteiger partial charge in [0.15, 0.2) is 0 Å². The maximum absolute atomic E-state index is 5.20. The van der Waals surface area contributed by atoms with E-state index in [9.17, 15) is 0 Å². The molecule has 1 fully saturated rings. The third-order valence-corrected chi connectivity index (χ3v) is 4.23. The van der Waals surface area contributed by atoms with Crippen LogP contribution >= 0.6 is 0 Å². The fraction of sp³-hybridized carbons (Fsp3) is 0.562. The van der Waals surface area contributed by atoms with Crippen molar-refractivity contribution in [3.63, 3.8) is 0 Å². The zero-order valence-electron chi connectivity index (χ0n) is 13.7. The van der Waals surface area contributed by atoms with Crippen LogP contribution in [-0.2, 0) is 11.3 Å². The fourth-order valence-corrected chi connectivity index (χ4v) is 3.07. The molecule has 0 spiro atoms. The molecule has 0 radical (unpaired) electrons. The summed E-state index contributed by atoms with van der Waals surface area (Å²) in [6, 6.07) is 1.89. The summed E-state index contributed by atoms with van der Waals surface area (Å²) >= 11 is 0. The van der Waals surface area contributed by atoms with Gasteiger partial charge in [-0.3, -0.25) is 0 Å². The fourth-order valence-electron chi connectivity index (χ4n) is 3.07. The average molecular weight is 317 g/mol. The minimum atomic E-state index is 0.400. The number of hydrogen-bond donors (Lipinski definition) is 0. The zero-order valence-corrected chi connectivity index (χ0v) is 13.7. The van der Waals surface area contributed by atoms with Crippen molar-refractivity contribution in [2.45, 2.75) is 25.3 Å². The number of hydrogen-bond acceptors (Lipinski definition) is 6. The molecule has 1 atom stereocenters. The van der Waals surface area contributed by atoms with Crippen LogP contribution in [0, 0.1) is 0 Å². The Morgan fingerprint density at radius 1 is 1.26 bits per heavy atom. The predicted octanol–water partition coefficient (Wildman–Crippen LogP) is 1.71. The number of ether oxygens (including phenoxy) is 2. The van der Waals surface area contributed by atoms with E-state index in [1.54, 1.807) is 20.5 Å². The van der Waals surface area contributed by atoms with E-state index in [1.165, 1.54) is 0 Å². The van der Waals surface area contributed by atoms with Crippen molar-refractivity contribution in [2.75, 3.05) is 38.8 Å². The van der Waals surface area contributed by atoms with Gasteiger partial charge in [0.05, 0.1) is 13.7 Å². The van der Waals surface area contributed by atoms with Gasteiger partial charge >= 0.3 is 0 Å². The predicted molar refractivity (Wildman–Crippen MR) is 86.9 cm³/mol. The van der Waals surface area contributed by atoms with E-state index in [1.807, 2.05) is 18.5 Å². The van der Waals surface area contributed by atoms with Gasteiger partial charge in [-0.1, -0.05) is 0 Å². The van der Waals surface area contributed by atoms with E-state index in [0.29, 0.717) is 18.4 Å². The molecule has 0 aromatic carbocycles. The highest BCUT2D eigenvalue weighted by Gasteiger charge is 2.25. The molecule has 7 heteroatoms. The summed E-state index contributed by atoms with van der Waals surface area (Å²) in [4.78, 5) is 15.3. The van der Waals surface area contributed by atoms with Crippen LogP contribution in [-0.4, -0.2) is 53.4 Å². The van der Waals surface area contributed by atoms with Crippen LogP contribution in [0.2, 0.25) is 0 Å². The minimum Gasteiger partial charge on any atom is -0.481 e.